The van der Waals surface area contributed by atoms with Gasteiger partial charge in [-0.15, -0.1) is 0 Å². The molecule has 3 N–H and O–H groups in total. The molecule has 0 fully saturated rings. The van der Waals surface area contributed by atoms with Crippen molar-refractivity contribution in [1.29, 1.82) is 0 Å². The quantitative estimate of drug-likeness (QED) is 0.436. The van der Waals surface area contributed by atoms with Crippen LogP contribution in [0.1, 0.15) is 11.1 Å². The third-order valence-electron chi connectivity index (χ3n) is 5.32. The van der Waals surface area contributed by atoms with Crippen LogP contribution in [0.4, 0.5) is 0 Å². The summed E-state index contributed by atoms with van der Waals surface area (Å²) in [6.07, 6.45) is 0. The van der Waals surface area contributed by atoms with E-state index in [4.69, 9.17) is 9.47 Å². The largest absolute Gasteiger partial charge is 0.507 e. The van der Waals surface area contributed by atoms with E-state index in [1.807, 2.05) is 32.0 Å². The molecule has 0 atom stereocenters. The van der Waals surface area contributed by atoms with Gasteiger partial charge in [0.2, 0.25) is 0 Å². The summed E-state index contributed by atoms with van der Waals surface area (Å²) in [6.45, 7) is 3.86. The van der Waals surface area contributed by atoms with E-state index < -0.39 is 0 Å². The lowest BCUT2D eigenvalue weighted by Gasteiger charge is -2.19. The minimum absolute atomic E-state index is 0.00230. The summed E-state index contributed by atoms with van der Waals surface area (Å²) in [4.78, 5) is 0. The Bertz CT molecular complexity index is 1270. The SMILES string of the molecule is COc1cc(O)c(-c2c(C)cc(O)c3c(OC)c(O)ccc23)c2cc(C)ccc12. The van der Waals surface area contributed by atoms with Crippen molar-refractivity contribution >= 4 is 21.5 Å². The molecule has 0 saturated carbocycles. The second-order valence-corrected chi connectivity index (χ2v) is 7.15. The van der Waals surface area contributed by atoms with Gasteiger partial charge in [0.15, 0.2) is 11.5 Å². The van der Waals surface area contributed by atoms with E-state index in [-0.39, 0.29) is 23.0 Å². The smallest absolute Gasteiger partial charge is 0.172 e. The van der Waals surface area contributed by atoms with Gasteiger partial charge in [0.1, 0.15) is 17.2 Å². The molecule has 0 saturated heterocycles. The summed E-state index contributed by atoms with van der Waals surface area (Å²) >= 11 is 0. The van der Waals surface area contributed by atoms with Gasteiger partial charge in [-0.2, -0.15) is 0 Å². The minimum Gasteiger partial charge on any atom is -0.507 e. The van der Waals surface area contributed by atoms with Gasteiger partial charge in [0.05, 0.1) is 19.6 Å². The number of hydrogen-bond acceptors (Lipinski definition) is 5. The van der Waals surface area contributed by atoms with Gasteiger partial charge in [-0.1, -0.05) is 23.8 Å². The molecule has 0 radical (unpaired) electrons. The highest BCUT2D eigenvalue weighted by atomic mass is 16.5. The van der Waals surface area contributed by atoms with Crippen LogP contribution in [0.3, 0.4) is 0 Å². The van der Waals surface area contributed by atoms with E-state index in [1.165, 1.54) is 13.2 Å². The summed E-state index contributed by atoms with van der Waals surface area (Å²) in [5, 5.41) is 34.5. The number of methoxy groups -OCH3 is 2. The fraction of sp³-hybridized carbons (Fsp3) is 0.167. The first kappa shape index (κ1) is 18.7. The van der Waals surface area contributed by atoms with Crippen molar-refractivity contribution in [3.8, 4) is 39.9 Å². The van der Waals surface area contributed by atoms with E-state index in [9.17, 15) is 15.3 Å². The molecule has 0 unspecified atom stereocenters. The second kappa shape index (κ2) is 6.78. The topological polar surface area (TPSA) is 79.2 Å². The van der Waals surface area contributed by atoms with Crippen molar-refractivity contribution in [2.75, 3.05) is 14.2 Å². The Labute approximate surface area is 168 Å². The average molecular weight is 390 g/mol. The number of hydrogen-bond donors (Lipinski definition) is 3. The van der Waals surface area contributed by atoms with Gasteiger partial charge >= 0.3 is 0 Å². The molecule has 5 nitrogen and oxygen atoms in total. The summed E-state index contributed by atoms with van der Waals surface area (Å²) in [5.74, 6) is 0.779. The van der Waals surface area contributed by atoms with Crippen LogP contribution in [0.5, 0.6) is 28.7 Å². The Morgan fingerprint density at radius 3 is 2.07 bits per heavy atom. The van der Waals surface area contributed by atoms with E-state index in [2.05, 4.69) is 0 Å². The van der Waals surface area contributed by atoms with E-state index >= 15 is 0 Å². The maximum absolute atomic E-state index is 11.0. The summed E-state index contributed by atoms with van der Waals surface area (Å²) in [5.41, 5.74) is 3.22. The molecular formula is C24H22O5. The zero-order valence-corrected chi connectivity index (χ0v) is 16.7. The Balaban J connectivity index is 2.23. The Kier molecular flexibility index (Phi) is 4.38. The first-order valence-corrected chi connectivity index (χ1v) is 9.20. The Hall–Kier alpha value is -3.60. The van der Waals surface area contributed by atoms with Crippen LogP contribution < -0.4 is 9.47 Å². The number of fused-ring (bicyclic) bond motifs is 2. The monoisotopic (exact) mass is 390 g/mol. The van der Waals surface area contributed by atoms with Crippen LogP contribution in [0.2, 0.25) is 0 Å². The fourth-order valence-corrected chi connectivity index (χ4v) is 4.06. The highest BCUT2D eigenvalue weighted by molar-refractivity contribution is 6.13. The van der Waals surface area contributed by atoms with Crippen LogP contribution in [-0.4, -0.2) is 29.5 Å². The first-order valence-electron chi connectivity index (χ1n) is 9.20. The lowest BCUT2D eigenvalue weighted by atomic mass is 9.88. The predicted octanol–water partition coefficient (Wildman–Crippen LogP) is 5.41. The zero-order valence-electron chi connectivity index (χ0n) is 16.7. The van der Waals surface area contributed by atoms with Crippen molar-refractivity contribution in [1.82, 2.24) is 0 Å². The number of phenolic OH excluding ortho intramolecular Hbond substituents is 3. The van der Waals surface area contributed by atoms with E-state index in [0.29, 0.717) is 22.1 Å². The van der Waals surface area contributed by atoms with Crippen LogP contribution in [0.25, 0.3) is 32.7 Å². The molecule has 0 aromatic heterocycles. The van der Waals surface area contributed by atoms with Crippen LogP contribution in [-0.2, 0) is 0 Å². The average Bonchev–Trinajstić information content (AvgIpc) is 2.69. The van der Waals surface area contributed by atoms with Crippen LogP contribution >= 0.6 is 0 Å². The van der Waals surface area contributed by atoms with Crippen molar-refractivity contribution in [2.45, 2.75) is 13.8 Å². The number of ether oxygens (including phenoxy) is 2. The third-order valence-corrected chi connectivity index (χ3v) is 5.32. The molecule has 0 aliphatic carbocycles. The predicted molar refractivity (Wildman–Crippen MR) is 114 cm³/mol. The number of phenols is 3. The maximum atomic E-state index is 11.0. The highest BCUT2D eigenvalue weighted by Gasteiger charge is 2.22. The van der Waals surface area contributed by atoms with Gasteiger partial charge in [-0.05, 0) is 53.9 Å². The van der Waals surface area contributed by atoms with Crippen LogP contribution in [0, 0.1) is 13.8 Å². The number of aromatic hydroxyl groups is 3. The molecule has 0 amide bonds. The third kappa shape index (κ3) is 2.78. The van der Waals surface area contributed by atoms with E-state index in [0.717, 1.165) is 27.5 Å². The Morgan fingerprint density at radius 1 is 0.655 bits per heavy atom. The number of rotatable bonds is 3. The van der Waals surface area contributed by atoms with Crippen molar-refractivity contribution in [3.63, 3.8) is 0 Å². The van der Waals surface area contributed by atoms with Crippen molar-refractivity contribution in [2.24, 2.45) is 0 Å². The lowest BCUT2D eigenvalue weighted by molar-refractivity contribution is 0.376. The van der Waals surface area contributed by atoms with E-state index in [1.54, 1.807) is 25.3 Å². The van der Waals surface area contributed by atoms with Crippen molar-refractivity contribution < 1.29 is 24.8 Å². The van der Waals surface area contributed by atoms with Gasteiger partial charge in [-0.3, -0.25) is 0 Å². The second-order valence-electron chi connectivity index (χ2n) is 7.15. The van der Waals surface area contributed by atoms with Gasteiger partial charge in [0, 0.05) is 17.0 Å². The van der Waals surface area contributed by atoms with Gasteiger partial charge in [0.25, 0.3) is 0 Å². The fourth-order valence-electron chi connectivity index (χ4n) is 4.06. The molecule has 29 heavy (non-hydrogen) atoms. The molecule has 4 rings (SSSR count). The Morgan fingerprint density at radius 2 is 1.38 bits per heavy atom. The van der Waals surface area contributed by atoms with Gasteiger partial charge in [-0.25, -0.2) is 0 Å². The van der Waals surface area contributed by atoms with Crippen molar-refractivity contribution in [3.05, 3.63) is 53.6 Å². The molecule has 5 heteroatoms. The molecule has 4 aromatic carbocycles. The zero-order chi connectivity index (χ0) is 20.9. The molecule has 4 aromatic rings. The molecule has 148 valence electrons. The lowest BCUT2D eigenvalue weighted by Crippen LogP contribution is -1.94. The molecular weight excluding hydrogens is 368 g/mol. The number of benzene rings is 4. The molecule has 0 aliphatic heterocycles. The summed E-state index contributed by atoms with van der Waals surface area (Å²) in [6, 6.07) is 12.4. The van der Waals surface area contributed by atoms with Gasteiger partial charge < -0.3 is 24.8 Å². The number of aryl methyl sites for hydroxylation is 2. The normalized spacial score (nSPS) is 11.2. The highest BCUT2D eigenvalue weighted by Crippen LogP contribution is 2.49. The first-order chi connectivity index (χ1) is 13.9. The van der Waals surface area contributed by atoms with Crippen LogP contribution in [0.15, 0.2) is 42.5 Å². The molecule has 0 spiro atoms. The molecule has 0 aliphatic rings. The minimum atomic E-state index is -0.0650. The summed E-state index contributed by atoms with van der Waals surface area (Å²) in [7, 11) is 3.01. The summed E-state index contributed by atoms with van der Waals surface area (Å²) < 4.78 is 10.8. The molecule has 0 bridgehead atoms. The standard InChI is InChI=1S/C24H22O5/c1-12-5-6-14-16(9-12)22(19(27)11-20(14)28-3)21-13(2)10-18(26)23-15(21)7-8-17(25)24(23)29-4/h5-11,25-27H,1-4H3. The molecule has 0 heterocycles. The maximum Gasteiger partial charge on any atom is 0.172 e.